The first-order valence-electron chi connectivity index (χ1n) is 8.13. The quantitative estimate of drug-likeness (QED) is 0.425. The lowest BCUT2D eigenvalue weighted by Crippen LogP contribution is -2.33. The summed E-state index contributed by atoms with van der Waals surface area (Å²) < 4.78 is 0. The number of fused-ring (bicyclic) bond motifs is 1. The maximum absolute atomic E-state index is 10.7. The molecule has 4 heteroatoms. The van der Waals surface area contributed by atoms with Crippen molar-refractivity contribution in [3.8, 4) is 5.75 Å². The van der Waals surface area contributed by atoms with Gasteiger partial charge in [-0.1, -0.05) is 54.5 Å². The zero-order valence-electron chi connectivity index (χ0n) is 15.3. The van der Waals surface area contributed by atoms with Gasteiger partial charge in [0.25, 0.3) is 0 Å². The molecule has 0 heterocycles. The molecule has 0 radical (unpaired) electrons. The highest BCUT2D eigenvalue weighted by Crippen LogP contribution is 2.52. The van der Waals surface area contributed by atoms with Crippen LogP contribution in [0.3, 0.4) is 0 Å². The zero-order valence-corrected chi connectivity index (χ0v) is 15.3. The van der Waals surface area contributed by atoms with E-state index >= 15 is 0 Å². The van der Waals surface area contributed by atoms with E-state index in [9.17, 15) is 10.2 Å². The van der Waals surface area contributed by atoms with Gasteiger partial charge >= 0.3 is 0 Å². The van der Waals surface area contributed by atoms with Crippen LogP contribution in [-0.4, -0.2) is 10.2 Å². The van der Waals surface area contributed by atoms with Crippen molar-refractivity contribution in [2.75, 3.05) is 5.73 Å². The Kier molecular flexibility index (Phi) is 3.87. The van der Waals surface area contributed by atoms with Crippen LogP contribution in [0.2, 0.25) is 0 Å². The largest absolute Gasteiger partial charge is 0.510 e. The van der Waals surface area contributed by atoms with E-state index in [2.05, 4.69) is 27.7 Å². The average Bonchev–Trinajstić information content (AvgIpc) is 2.36. The van der Waals surface area contributed by atoms with Crippen molar-refractivity contribution in [3.05, 3.63) is 28.5 Å². The lowest BCUT2D eigenvalue weighted by atomic mass is 9.65. The molecule has 0 aromatic heterocycles. The van der Waals surface area contributed by atoms with Crippen LogP contribution in [0.25, 0.3) is 5.70 Å². The van der Waals surface area contributed by atoms with Gasteiger partial charge in [-0.25, -0.2) is 0 Å². The lowest BCUT2D eigenvalue weighted by Gasteiger charge is -2.40. The van der Waals surface area contributed by atoms with Crippen LogP contribution in [0.1, 0.15) is 71.1 Å². The van der Waals surface area contributed by atoms with Gasteiger partial charge < -0.3 is 21.7 Å². The molecule has 2 unspecified atom stereocenters. The van der Waals surface area contributed by atoms with Crippen LogP contribution in [0.5, 0.6) is 5.75 Å². The second kappa shape index (κ2) is 5.08. The van der Waals surface area contributed by atoms with E-state index in [4.69, 9.17) is 11.5 Å². The van der Waals surface area contributed by atoms with Gasteiger partial charge in [0.2, 0.25) is 0 Å². The summed E-state index contributed by atoms with van der Waals surface area (Å²) in [4.78, 5) is 0. The normalized spacial score (nSPS) is 22.2. The Bertz CT molecular complexity index is 676. The van der Waals surface area contributed by atoms with Crippen LogP contribution >= 0.6 is 0 Å². The minimum Gasteiger partial charge on any atom is -0.510 e. The topological polar surface area (TPSA) is 92.5 Å². The molecule has 23 heavy (non-hydrogen) atoms. The van der Waals surface area contributed by atoms with Crippen molar-refractivity contribution >= 4 is 11.4 Å². The number of anilines is 1. The summed E-state index contributed by atoms with van der Waals surface area (Å²) in [7, 11) is 0. The number of phenolic OH excluding ortho intramolecular Hbond substituents is 1. The van der Waals surface area contributed by atoms with Crippen molar-refractivity contribution in [3.63, 3.8) is 0 Å². The maximum atomic E-state index is 10.7. The first-order valence-corrected chi connectivity index (χ1v) is 8.13. The summed E-state index contributed by atoms with van der Waals surface area (Å²) in [5.74, 6) is 0.202. The Labute approximate surface area is 139 Å². The van der Waals surface area contributed by atoms with Gasteiger partial charge in [0, 0.05) is 17.0 Å². The van der Waals surface area contributed by atoms with Gasteiger partial charge in [0.1, 0.15) is 11.5 Å². The summed E-state index contributed by atoms with van der Waals surface area (Å²) in [5, 5.41) is 21.2. The number of aliphatic hydroxyl groups is 1. The van der Waals surface area contributed by atoms with Crippen LogP contribution < -0.4 is 11.5 Å². The number of phenols is 1. The minimum atomic E-state index is -0.234. The van der Waals surface area contributed by atoms with Gasteiger partial charge in [0.05, 0.1) is 11.4 Å². The molecule has 0 fully saturated rings. The predicted molar refractivity (Wildman–Crippen MR) is 96.3 cm³/mol. The molecule has 0 aliphatic heterocycles. The first kappa shape index (κ1) is 17.5. The molecule has 6 N–H and O–H groups in total. The Morgan fingerprint density at radius 3 is 1.96 bits per heavy atom. The second-order valence-corrected chi connectivity index (χ2v) is 8.83. The minimum absolute atomic E-state index is 0.0568. The Hall–Kier alpha value is -1.84. The van der Waals surface area contributed by atoms with E-state index in [-0.39, 0.29) is 45.6 Å². The second-order valence-electron chi connectivity index (χ2n) is 8.83. The van der Waals surface area contributed by atoms with Crippen molar-refractivity contribution < 1.29 is 10.2 Å². The molecule has 1 aliphatic rings. The smallest absolute Gasteiger partial charge is 0.142 e. The van der Waals surface area contributed by atoms with Crippen molar-refractivity contribution in [1.82, 2.24) is 0 Å². The molecular formula is C19H30N2O2. The van der Waals surface area contributed by atoms with E-state index in [1.54, 1.807) is 0 Å². The zero-order chi connectivity index (χ0) is 17.9. The molecule has 1 aromatic rings. The summed E-state index contributed by atoms with van der Waals surface area (Å²) in [6.45, 7) is 14.5. The molecule has 0 spiro atoms. The van der Waals surface area contributed by atoms with E-state index < -0.39 is 0 Å². The Balaban J connectivity index is 2.83. The maximum Gasteiger partial charge on any atom is 0.142 e. The fourth-order valence-corrected chi connectivity index (χ4v) is 3.82. The number of hydrogen-bond acceptors (Lipinski definition) is 4. The molecule has 2 atom stereocenters. The highest BCUT2D eigenvalue weighted by Gasteiger charge is 2.41. The summed E-state index contributed by atoms with van der Waals surface area (Å²) >= 11 is 0. The summed E-state index contributed by atoms with van der Waals surface area (Å²) in [6.07, 6.45) is 0. The van der Waals surface area contributed by atoms with Crippen molar-refractivity contribution in [2.24, 2.45) is 17.1 Å². The number of rotatable bonds is 0. The SMILES string of the molecule is CC1c2cc(C(C)(C)C)c(O)c(N)c2C(N)=C(O)C1C(C)(C)C. The third-order valence-electron chi connectivity index (χ3n) is 4.94. The molecule has 1 aliphatic carbocycles. The monoisotopic (exact) mass is 318 g/mol. The van der Waals surface area contributed by atoms with Crippen LogP contribution in [0.15, 0.2) is 11.8 Å². The van der Waals surface area contributed by atoms with Gasteiger partial charge in [-0.2, -0.15) is 0 Å². The van der Waals surface area contributed by atoms with Gasteiger partial charge in [-0.3, -0.25) is 0 Å². The summed E-state index contributed by atoms with van der Waals surface area (Å²) in [5.41, 5.74) is 15.0. The van der Waals surface area contributed by atoms with E-state index in [0.29, 0.717) is 5.56 Å². The number of aliphatic hydroxyl groups excluding tert-OH is 1. The predicted octanol–water partition coefficient (Wildman–Crippen LogP) is 4.24. The third kappa shape index (κ3) is 2.64. The number of nitrogen functional groups attached to an aromatic ring is 1. The third-order valence-corrected chi connectivity index (χ3v) is 4.94. The number of benzene rings is 1. The van der Waals surface area contributed by atoms with Crippen LogP contribution in [0.4, 0.5) is 5.69 Å². The van der Waals surface area contributed by atoms with E-state index in [1.165, 1.54) is 0 Å². The van der Waals surface area contributed by atoms with Gasteiger partial charge in [-0.15, -0.1) is 0 Å². The highest BCUT2D eigenvalue weighted by atomic mass is 16.3. The molecule has 0 bridgehead atoms. The number of nitrogens with two attached hydrogens (primary N) is 2. The van der Waals surface area contributed by atoms with Crippen LogP contribution in [0, 0.1) is 11.3 Å². The fraction of sp³-hybridized carbons (Fsp3) is 0.579. The molecule has 1 aromatic carbocycles. The number of hydrogen-bond donors (Lipinski definition) is 4. The van der Waals surface area contributed by atoms with Crippen LogP contribution in [-0.2, 0) is 5.41 Å². The average molecular weight is 318 g/mol. The molecule has 0 saturated carbocycles. The molecule has 2 rings (SSSR count). The van der Waals surface area contributed by atoms with Gasteiger partial charge in [-0.05, 0) is 22.3 Å². The molecule has 4 nitrogen and oxygen atoms in total. The molecule has 128 valence electrons. The van der Waals surface area contributed by atoms with Gasteiger partial charge in [0.15, 0.2) is 0 Å². The van der Waals surface area contributed by atoms with Crippen molar-refractivity contribution in [1.29, 1.82) is 0 Å². The molecular weight excluding hydrogens is 288 g/mol. The Morgan fingerprint density at radius 2 is 1.52 bits per heavy atom. The first-order chi connectivity index (χ1) is 10.3. The molecule has 0 amide bonds. The van der Waals surface area contributed by atoms with E-state index in [1.807, 2.05) is 26.8 Å². The number of aromatic hydroxyl groups is 1. The molecule has 0 saturated heterocycles. The highest BCUT2D eigenvalue weighted by molar-refractivity contribution is 5.84. The standard InChI is InChI=1S/C19H30N2O2/c1-9-10-8-11(18(2,3)4)16(22)14(20)12(10)15(21)17(23)13(9)19(5,6)7/h8-9,13,22-23H,20-21H2,1-7H3. The summed E-state index contributed by atoms with van der Waals surface area (Å²) in [6, 6.07) is 2.00. The van der Waals surface area contributed by atoms with E-state index in [0.717, 1.165) is 11.1 Å². The number of allylic oxidation sites excluding steroid dienone is 1. The fourth-order valence-electron chi connectivity index (χ4n) is 3.82. The lowest BCUT2D eigenvalue weighted by molar-refractivity contribution is 0.174. The Morgan fingerprint density at radius 1 is 1.00 bits per heavy atom. The van der Waals surface area contributed by atoms with Crippen molar-refractivity contribution in [2.45, 2.75) is 59.8 Å².